The first-order chi connectivity index (χ1) is 8.06. The van der Waals surface area contributed by atoms with Gasteiger partial charge in [0.2, 0.25) is 0 Å². The molecule has 4 heteroatoms. The SMILES string of the molecule is [CH2][C@](CC)(c1ccccc1)N(C)C(=O)OCCl. The van der Waals surface area contributed by atoms with Crippen LogP contribution in [0.15, 0.2) is 30.3 Å². The molecule has 0 aromatic heterocycles. The monoisotopic (exact) mass is 254 g/mol. The van der Waals surface area contributed by atoms with E-state index in [0.717, 1.165) is 5.56 Å². The summed E-state index contributed by atoms with van der Waals surface area (Å²) in [5, 5.41) is 0. The Morgan fingerprint density at radius 2 is 2.06 bits per heavy atom. The fraction of sp³-hybridized carbons (Fsp3) is 0.385. The van der Waals surface area contributed by atoms with E-state index < -0.39 is 11.6 Å². The minimum Gasteiger partial charge on any atom is -0.433 e. The summed E-state index contributed by atoms with van der Waals surface area (Å²) < 4.78 is 4.79. The van der Waals surface area contributed by atoms with Crippen LogP contribution in [0.5, 0.6) is 0 Å². The number of halogens is 1. The van der Waals surface area contributed by atoms with Crippen LogP contribution in [0.1, 0.15) is 18.9 Å². The Balaban J connectivity index is 3.00. The van der Waals surface area contributed by atoms with Gasteiger partial charge in [-0.2, -0.15) is 0 Å². The van der Waals surface area contributed by atoms with Crippen molar-refractivity contribution in [3.05, 3.63) is 42.8 Å². The third kappa shape index (κ3) is 2.91. The molecule has 3 nitrogen and oxygen atoms in total. The van der Waals surface area contributed by atoms with Crippen molar-refractivity contribution in [3.63, 3.8) is 0 Å². The predicted octanol–water partition coefficient (Wildman–Crippen LogP) is 3.39. The van der Waals surface area contributed by atoms with Gasteiger partial charge < -0.3 is 9.64 Å². The van der Waals surface area contributed by atoms with Crippen LogP contribution in [0, 0.1) is 6.92 Å². The summed E-state index contributed by atoms with van der Waals surface area (Å²) in [5.41, 5.74) is 0.334. The molecule has 0 aliphatic rings. The average Bonchev–Trinajstić information content (AvgIpc) is 2.38. The van der Waals surface area contributed by atoms with Crippen LogP contribution in [0.2, 0.25) is 0 Å². The molecule has 1 aromatic rings. The molecule has 93 valence electrons. The molecule has 1 amide bonds. The topological polar surface area (TPSA) is 29.5 Å². The Bertz CT molecular complexity index is 369. The molecule has 1 atom stereocenters. The zero-order chi connectivity index (χ0) is 12.9. The van der Waals surface area contributed by atoms with E-state index in [-0.39, 0.29) is 6.07 Å². The van der Waals surface area contributed by atoms with Gasteiger partial charge in [0, 0.05) is 7.05 Å². The molecule has 0 fully saturated rings. The lowest BCUT2D eigenvalue weighted by molar-refractivity contribution is 0.0882. The Morgan fingerprint density at radius 3 is 2.53 bits per heavy atom. The van der Waals surface area contributed by atoms with E-state index in [1.54, 1.807) is 7.05 Å². The Hall–Kier alpha value is -1.22. The first kappa shape index (κ1) is 13.8. The summed E-state index contributed by atoms with van der Waals surface area (Å²) in [7, 11) is 1.67. The van der Waals surface area contributed by atoms with Gasteiger partial charge in [-0.15, -0.1) is 0 Å². The highest BCUT2D eigenvalue weighted by atomic mass is 35.5. The zero-order valence-electron chi connectivity index (χ0n) is 10.1. The number of rotatable bonds is 4. The summed E-state index contributed by atoms with van der Waals surface area (Å²) in [6, 6.07) is 9.51. The van der Waals surface area contributed by atoms with Crippen molar-refractivity contribution in [2.45, 2.75) is 18.9 Å². The molecule has 0 N–H and O–H groups in total. The first-order valence-electron chi connectivity index (χ1n) is 5.43. The molecule has 0 saturated heterocycles. The highest BCUT2D eigenvalue weighted by Crippen LogP contribution is 2.30. The lowest BCUT2D eigenvalue weighted by Gasteiger charge is -2.37. The fourth-order valence-electron chi connectivity index (χ4n) is 1.70. The van der Waals surface area contributed by atoms with Gasteiger partial charge in [-0.25, -0.2) is 4.79 Å². The van der Waals surface area contributed by atoms with E-state index in [1.165, 1.54) is 4.90 Å². The number of benzene rings is 1. The van der Waals surface area contributed by atoms with Gasteiger partial charge in [0.05, 0.1) is 5.54 Å². The van der Waals surface area contributed by atoms with Gasteiger partial charge in [-0.05, 0) is 18.9 Å². The van der Waals surface area contributed by atoms with Crippen molar-refractivity contribution in [2.24, 2.45) is 0 Å². The third-order valence-corrected chi connectivity index (χ3v) is 3.10. The van der Waals surface area contributed by atoms with E-state index in [1.807, 2.05) is 37.3 Å². The Labute approximate surface area is 107 Å². The summed E-state index contributed by atoms with van der Waals surface area (Å²) in [6.45, 7) is 6.12. The van der Waals surface area contributed by atoms with Crippen LogP contribution < -0.4 is 0 Å². The zero-order valence-corrected chi connectivity index (χ0v) is 10.9. The predicted molar refractivity (Wildman–Crippen MR) is 68.7 cm³/mol. The third-order valence-electron chi connectivity index (χ3n) is 2.99. The smallest absolute Gasteiger partial charge is 0.411 e. The maximum Gasteiger partial charge on any atom is 0.411 e. The molecular formula is C13H17ClNO2. The Kier molecular flexibility index (Phi) is 4.82. The van der Waals surface area contributed by atoms with Crippen LogP contribution in [0.3, 0.4) is 0 Å². The molecule has 1 aromatic carbocycles. The number of hydrogen-bond acceptors (Lipinski definition) is 2. The normalized spacial score (nSPS) is 13.9. The largest absolute Gasteiger partial charge is 0.433 e. The number of nitrogens with zero attached hydrogens (tertiary/aromatic N) is 1. The van der Waals surface area contributed by atoms with Crippen LogP contribution >= 0.6 is 11.6 Å². The lowest BCUT2D eigenvalue weighted by Crippen LogP contribution is -2.45. The number of ether oxygens (including phenoxy) is 1. The van der Waals surface area contributed by atoms with Gasteiger partial charge >= 0.3 is 6.09 Å². The van der Waals surface area contributed by atoms with Crippen molar-refractivity contribution in [3.8, 4) is 0 Å². The second-order valence-electron chi connectivity index (χ2n) is 3.83. The van der Waals surface area contributed by atoms with Crippen molar-refractivity contribution in [2.75, 3.05) is 13.1 Å². The van der Waals surface area contributed by atoms with Crippen molar-refractivity contribution >= 4 is 17.7 Å². The molecular weight excluding hydrogens is 238 g/mol. The average molecular weight is 255 g/mol. The quantitative estimate of drug-likeness (QED) is 0.771. The highest BCUT2D eigenvalue weighted by molar-refractivity contribution is 6.17. The van der Waals surface area contributed by atoms with Gasteiger partial charge in [0.1, 0.15) is 0 Å². The minimum absolute atomic E-state index is 0.155. The van der Waals surface area contributed by atoms with Crippen LogP contribution in [0.25, 0.3) is 0 Å². The van der Waals surface area contributed by atoms with Crippen molar-refractivity contribution in [1.82, 2.24) is 4.90 Å². The van der Waals surface area contributed by atoms with E-state index in [4.69, 9.17) is 16.3 Å². The second-order valence-corrected chi connectivity index (χ2v) is 4.05. The van der Waals surface area contributed by atoms with Gasteiger partial charge in [0.15, 0.2) is 6.07 Å². The maximum absolute atomic E-state index is 11.7. The van der Waals surface area contributed by atoms with E-state index in [0.29, 0.717) is 6.42 Å². The van der Waals surface area contributed by atoms with Gasteiger partial charge in [0.25, 0.3) is 0 Å². The summed E-state index contributed by atoms with van der Waals surface area (Å²) in [5.74, 6) is 0. The first-order valence-corrected chi connectivity index (χ1v) is 5.97. The molecule has 0 saturated carbocycles. The number of amides is 1. The lowest BCUT2D eigenvalue weighted by atomic mass is 9.88. The maximum atomic E-state index is 11.7. The van der Waals surface area contributed by atoms with E-state index in [2.05, 4.69) is 6.92 Å². The van der Waals surface area contributed by atoms with Crippen molar-refractivity contribution in [1.29, 1.82) is 0 Å². The van der Waals surface area contributed by atoms with Crippen LogP contribution in [-0.2, 0) is 10.3 Å². The minimum atomic E-state index is -0.635. The second kappa shape index (κ2) is 5.92. The summed E-state index contributed by atoms with van der Waals surface area (Å²) >= 11 is 5.39. The number of hydrogen-bond donors (Lipinski definition) is 0. The van der Waals surface area contributed by atoms with Gasteiger partial charge in [-0.1, -0.05) is 48.9 Å². The van der Waals surface area contributed by atoms with Crippen LogP contribution in [-0.4, -0.2) is 24.1 Å². The summed E-state index contributed by atoms with van der Waals surface area (Å²) in [6.07, 6.45) is 0.214. The van der Waals surface area contributed by atoms with E-state index >= 15 is 0 Å². The standard InChI is InChI=1S/C13H17ClNO2/c1-4-13(2,11-8-6-5-7-9-11)15(3)12(16)17-10-14/h5-9H,2,4,10H2,1,3H3/t13-/m0/s1. The molecule has 0 unspecified atom stereocenters. The van der Waals surface area contributed by atoms with Crippen molar-refractivity contribution < 1.29 is 9.53 Å². The summed E-state index contributed by atoms with van der Waals surface area (Å²) in [4.78, 5) is 13.2. The van der Waals surface area contributed by atoms with E-state index in [9.17, 15) is 4.79 Å². The molecule has 0 aliphatic heterocycles. The molecule has 1 radical (unpaired) electrons. The molecule has 0 bridgehead atoms. The van der Waals surface area contributed by atoms with Crippen LogP contribution in [0.4, 0.5) is 4.79 Å². The molecule has 0 aliphatic carbocycles. The molecule has 1 rings (SSSR count). The number of alkyl halides is 1. The molecule has 0 spiro atoms. The highest BCUT2D eigenvalue weighted by Gasteiger charge is 2.33. The molecule has 0 heterocycles. The molecule has 17 heavy (non-hydrogen) atoms. The Morgan fingerprint density at radius 1 is 1.47 bits per heavy atom. The fourth-order valence-corrected chi connectivity index (χ4v) is 1.79. The number of carbonyl (C=O) groups is 1. The van der Waals surface area contributed by atoms with Gasteiger partial charge in [-0.3, -0.25) is 0 Å². The number of carbonyl (C=O) groups excluding carboxylic acids is 1.